The summed E-state index contributed by atoms with van der Waals surface area (Å²) in [6, 6.07) is 12.8. The molecule has 1 aliphatic rings. The van der Waals surface area contributed by atoms with Crippen LogP contribution in [0.3, 0.4) is 0 Å². The van der Waals surface area contributed by atoms with E-state index in [0.717, 1.165) is 0 Å². The minimum atomic E-state index is -3.69. The van der Waals surface area contributed by atoms with Crippen molar-refractivity contribution in [3.05, 3.63) is 48.5 Å². The molecule has 0 aromatic heterocycles. The molecule has 0 bridgehead atoms. The molecular formula is C17H18N2O5S. The Balaban J connectivity index is 1.74. The Hall–Kier alpha value is -2.58. The standard InChI is InChI=1S/C17H18N2O5S/c1-23-15-6-8-16(9-7-15)25(21,22)18-13-2-4-14(5-3-13)19-10-11-24-12-17(19)20/h2-9,18H,10-12H2,1H3. The fourth-order valence-corrected chi connectivity index (χ4v) is 3.53. The maximum absolute atomic E-state index is 12.4. The highest BCUT2D eigenvalue weighted by Crippen LogP contribution is 2.22. The van der Waals surface area contributed by atoms with Crippen LogP contribution in [0.5, 0.6) is 5.75 Å². The summed E-state index contributed by atoms with van der Waals surface area (Å²) in [5.74, 6) is 0.469. The maximum Gasteiger partial charge on any atom is 0.261 e. The van der Waals surface area contributed by atoms with Crippen LogP contribution in [0.1, 0.15) is 0 Å². The van der Waals surface area contributed by atoms with Gasteiger partial charge in [-0.2, -0.15) is 0 Å². The number of hydrogen-bond donors (Lipinski definition) is 1. The van der Waals surface area contributed by atoms with E-state index in [4.69, 9.17) is 9.47 Å². The molecule has 25 heavy (non-hydrogen) atoms. The van der Waals surface area contributed by atoms with Gasteiger partial charge in [-0.1, -0.05) is 0 Å². The molecule has 1 amide bonds. The Labute approximate surface area is 146 Å². The van der Waals surface area contributed by atoms with Gasteiger partial charge in [0, 0.05) is 17.9 Å². The van der Waals surface area contributed by atoms with Crippen LogP contribution in [0.25, 0.3) is 0 Å². The summed E-state index contributed by atoms with van der Waals surface area (Å²) in [4.78, 5) is 13.6. The van der Waals surface area contributed by atoms with Crippen LogP contribution in [0.2, 0.25) is 0 Å². The quantitative estimate of drug-likeness (QED) is 0.878. The summed E-state index contributed by atoms with van der Waals surface area (Å²) in [7, 11) is -2.18. The first-order valence-electron chi connectivity index (χ1n) is 7.65. The summed E-state index contributed by atoms with van der Waals surface area (Å²) in [6.45, 7) is 1.03. The van der Waals surface area contributed by atoms with Gasteiger partial charge in [0.15, 0.2) is 0 Å². The number of carbonyl (C=O) groups is 1. The lowest BCUT2D eigenvalue weighted by atomic mass is 10.2. The molecule has 0 atom stereocenters. The topological polar surface area (TPSA) is 84.9 Å². The number of amides is 1. The van der Waals surface area contributed by atoms with Gasteiger partial charge in [0.25, 0.3) is 15.9 Å². The van der Waals surface area contributed by atoms with E-state index in [-0.39, 0.29) is 17.4 Å². The predicted octanol–water partition coefficient (Wildman–Crippen LogP) is 1.86. The number of sulfonamides is 1. The molecule has 0 unspecified atom stereocenters. The van der Waals surface area contributed by atoms with Crippen molar-refractivity contribution in [1.82, 2.24) is 0 Å². The first-order chi connectivity index (χ1) is 12.0. The number of carbonyl (C=O) groups excluding carboxylic acids is 1. The number of anilines is 2. The molecule has 1 saturated heterocycles. The van der Waals surface area contributed by atoms with Crippen molar-refractivity contribution in [2.45, 2.75) is 4.90 Å². The highest BCUT2D eigenvalue weighted by Gasteiger charge is 2.20. The predicted molar refractivity (Wildman–Crippen MR) is 93.4 cm³/mol. The van der Waals surface area contributed by atoms with Crippen LogP contribution >= 0.6 is 0 Å². The molecule has 0 saturated carbocycles. The molecule has 0 aliphatic carbocycles. The fraction of sp³-hybridized carbons (Fsp3) is 0.235. The molecule has 132 valence electrons. The van der Waals surface area contributed by atoms with E-state index in [1.165, 1.54) is 19.2 Å². The lowest BCUT2D eigenvalue weighted by Crippen LogP contribution is -2.41. The number of hydrogen-bond acceptors (Lipinski definition) is 5. The van der Waals surface area contributed by atoms with E-state index in [9.17, 15) is 13.2 Å². The smallest absolute Gasteiger partial charge is 0.261 e. The lowest BCUT2D eigenvalue weighted by molar-refractivity contribution is -0.125. The largest absolute Gasteiger partial charge is 0.497 e. The molecule has 1 heterocycles. The van der Waals surface area contributed by atoms with Crippen molar-refractivity contribution in [2.24, 2.45) is 0 Å². The van der Waals surface area contributed by atoms with Gasteiger partial charge in [-0.15, -0.1) is 0 Å². The number of rotatable bonds is 5. The van der Waals surface area contributed by atoms with Crippen LogP contribution in [0.4, 0.5) is 11.4 Å². The van der Waals surface area contributed by atoms with Gasteiger partial charge in [-0.05, 0) is 48.5 Å². The molecule has 7 nitrogen and oxygen atoms in total. The number of methoxy groups -OCH3 is 1. The zero-order valence-corrected chi connectivity index (χ0v) is 14.5. The monoisotopic (exact) mass is 362 g/mol. The Morgan fingerprint density at radius 2 is 1.76 bits per heavy atom. The van der Waals surface area contributed by atoms with Gasteiger partial charge >= 0.3 is 0 Å². The number of morpholine rings is 1. The minimum absolute atomic E-state index is 0.0614. The van der Waals surface area contributed by atoms with E-state index in [1.54, 1.807) is 41.3 Å². The van der Waals surface area contributed by atoms with Crippen LogP contribution in [0.15, 0.2) is 53.4 Å². The van der Waals surface area contributed by atoms with E-state index in [2.05, 4.69) is 4.72 Å². The van der Waals surface area contributed by atoms with E-state index in [1.807, 2.05) is 0 Å². The Morgan fingerprint density at radius 1 is 1.08 bits per heavy atom. The van der Waals surface area contributed by atoms with Crippen molar-refractivity contribution in [2.75, 3.05) is 36.5 Å². The lowest BCUT2D eigenvalue weighted by Gasteiger charge is -2.26. The normalized spacial score (nSPS) is 15.1. The summed E-state index contributed by atoms with van der Waals surface area (Å²) in [5, 5.41) is 0. The van der Waals surface area contributed by atoms with Crippen molar-refractivity contribution < 1.29 is 22.7 Å². The van der Waals surface area contributed by atoms with Crippen molar-refractivity contribution in [3.63, 3.8) is 0 Å². The van der Waals surface area contributed by atoms with Crippen LogP contribution < -0.4 is 14.4 Å². The number of ether oxygens (including phenoxy) is 2. The third-order valence-corrected chi connectivity index (χ3v) is 5.18. The van der Waals surface area contributed by atoms with Crippen LogP contribution in [0, 0.1) is 0 Å². The number of nitrogens with one attached hydrogen (secondary N) is 1. The van der Waals surface area contributed by atoms with Crippen LogP contribution in [-0.2, 0) is 19.6 Å². The van der Waals surface area contributed by atoms with Crippen molar-refractivity contribution >= 4 is 27.3 Å². The Kier molecular flexibility index (Phi) is 4.91. The molecule has 2 aromatic rings. The van der Waals surface area contributed by atoms with Gasteiger partial charge in [0.05, 0.1) is 18.6 Å². The SMILES string of the molecule is COc1ccc(S(=O)(=O)Nc2ccc(N3CCOCC3=O)cc2)cc1. The maximum atomic E-state index is 12.4. The minimum Gasteiger partial charge on any atom is -0.497 e. The summed E-state index contributed by atoms with van der Waals surface area (Å²) < 4.78 is 37.5. The van der Waals surface area contributed by atoms with E-state index in [0.29, 0.717) is 30.3 Å². The van der Waals surface area contributed by atoms with Gasteiger partial charge < -0.3 is 14.4 Å². The van der Waals surface area contributed by atoms with Gasteiger partial charge in [-0.3, -0.25) is 9.52 Å². The molecule has 8 heteroatoms. The first-order valence-corrected chi connectivity index (χ1v) is 9.13. The average Bonchev–Trinajstić information content (AvgIpc) is 2.63. The molecular weight excluding hydrogens is 344 g/mol. The second kappa shape index (κ2) is 7.12. The van der Waals surface area contributed by atoms with E-state index >= 15 is 0 Å². The fourth-order valence-electron chi connectivity index (χ4n) is 2.47. The van der Waals surface area contributed by atoms with Gasteiger partial charge in [0.2, 0.25) is 0 Å². The molecule has 1 aliphatic heterocycles. The van der Waals surface area contributed by atoms with E-state index < -0.39 is 10.0 Å². The number of benzene rings is 2. The third kappa shape index (κ3) is 3.92. The zero-order chi connectivity index (χ0) is 17.9. The molecule has 1 fully saturated rings. The molecule has 3 rings (SSSR count). The molecule has 0 radical (unpaired) electrons. The molecule has 1 N–H and O–H groups in total. The van der Waals surface area contributed by atoms with Gasteiger partial charge in [-0.25, -0.2) is 8.42 Å². The van der Waals surface area contributed by atoms with Crippen molar-refractivity contribution in [3.8, 4) is 5.75 Å². The number of nitrogens with zero attached hydrogens (tertiary/aromatic N) is 1. The van der Waals surface area contributed by atoms with Crippen LogP contribution in [-0.4, -0.2) is 41.2 Å². The highest BCUT2D eigenvalue weighted by atomic mass is 32.2. The Morgan fingerprint density at radius 3 is 2.36 bits per heavy atom. The zero-order valence-electron chi connectivity index (χ0n) is 13.6. The summed E-state index contributed by atoms with van der Waals surface area (Å²) >= 11 is 0. The second-order valence-corrected chi connectivity index (χ2v) is 7.11. The van der Waals surface area contributed by atoms with Crippen molar-refractivity contribution in [1.29, 1.82) is 0 Å². The Bertz CT molecular complexity index is 848. The summed E-state index contributed by atoms with van der Waals surface area (Å²) in [6.07, 6.45) is 0. The summed E-state index contributed by atoms with van der Waals surface area (Å²) in [5.41, 5.74) is 1.13. The molecule has 2 aromatic carbocycles. The highest BCUT2D eigenvalue weighted by molar-refractivity contribution is 7.92. The average molecular weight is 362 g/mol. The van der Waals surface area contributed by atoms with Gasteiger partial charge in [0.1, 0.15) is 12.4 Å². The third-order valence-electron chi connectivity index (χ3n) is 3.79. The first kappa shape index (κ1) is 17.2. The second-order valence-electron chi connectivity index (χ2n) is 5.43. The molecule has 0 spiro atoms.